The summed E-state index contributed by atoms with van der Waals surface area (Å²) in [6, 6.07) is 0. The number of ether oxygens (including phenoxy) is 2. The lowest BCUT2D eigenvalue weighted by Crippen LogP contribution is -2.67. The second kappa shape index (κ2) is 11.5. The molecule has 5 saturated carbocycles. The first-order valence-electron chi connectivity index (χ1n) is 17.8. The summed E-state index contributed by atoms with van der Waals surface area (Å²) in [6.45, 7) is 18.7. The average molecular weight is 667 g/mol. The third kappa shape index (κ3) is 5.46. The van der Waals surface area contributed by atoms with Gasteiger partial charge in [-0.1, -0.05) is 46.8 Å². The van der Waals surface area contributed by atoms with E-state index in [9.17, 15) is 32.7 Å². The van der Waals surface area contributed by atoms with Crippen molar-refractivity contribution in [2.24, 2.45) is 62.1 Å². The molecule has 10 atom stereocenters. The van der Waals surface area contributed by atoms with Gasteiger partial charge in [-0.25, -0.2) is 0 Å². The fourth-order valence-electron chi connectivity index (χ4n) is 12.8. The van der Waals surface area contributed by atoms with Crippen molar-refractivity contribution in [2.75, 3.05) is 7.11 Å². The number of allylic oxidation sites excluding steroid dienone is 1. The van der Waals surface area contributed by atoms with Crippen LogP contribution in [0.5, 0.6) is 0 Å². The Balaban J connectivity index is 1.44. The Morgan fingerprint density at radius 1 is 0.830 bits per heavy atom. The maximum atomic E-state index is 13.7. The Labute approximate surface area is 279 Å². The number of rotatable bonds is 7. The van der Waals surface area contributed by atoms with Crippen molar-refractivity contribution in [3.63, 3.8) is 0 Å². The minimum atomic E-state index is -4.34. The van der Waals surface area contributed by atoms with Gasteiger partial charge in [0.15, 0.2) is 0 Å². The fraction of sp³-hybridized carbons (Fsp3) is 0.868. The molecular weight excluding hydrogens is 609 g/mol. The van der Waals surface area contributed by atoms with E-state index in [1.54, 1.807) is 13.8 Å². The fourth-order valence-corrected chi connectivity index (χ4v) is 12.8. The second-order valence-corrected chi connectivity index (χ2v) is 18.1. The van der Waals surface area contributed by atoms with Crippen LogP contribution in [0.3, 0.4) is 0 Å². The van der Waals surface area contributed by atoms with Crippen molar-refractivity contribution in [2.45, 2.75) is 138 Å². The molecule has 0 aromatic carbocycles. The summed E-state index contributed by atoms with van der Waals surface area (Å²) in [5.74, 6) is -1.58. The van der Waals surface area contributed by atoms with E-state index in [1.807, 2.05) is 0 Å². The molecule has 1 N–H and O–H groups in total. The first-order valence-corrected chi connectivity index (χ1v) is 17.8. The Morgan fingerprint density at radius 3 is 2.09 bits per heavy atom. The normalized spacial score (nSPS) is 42.6. The van der Waals surface area contributed by atoms with Gasteiger partial charge in [0.05, 0.1) is 30.8 Å². The highest BCUT2D eigenvalue weighted by molar-refractivity contribution is 5.81. The Kier molecular flexibility index (Phi) is 8.86. The van der Waals surface area contributed by atoms with E-state index in [0.29, 0.717) is 31.6 Å². The Hall–Kier alpha value is -2.06. The zero-order valence-corrected chi connectivity index (χ0v) is 29.8. The van der Waals surface area contributed by atoms with E-state index in [0.717, 1.165) is 38.5 Å². The Bertz CT molecular complexity index is 1300. The minimum absolute atomic E-state index is 0.0282. The molecule has 0 aromatic rings. The van der Waals surface area contributed by atoms with Gasteiger partial charge in [-0.15, -0.1) is 0 Å². The van der Waals surface area contributed by atoms with Crippen LogP contribution in [0.1, 0.15) is 126 Å². The number of halogens is 3. The smallest absolute Gasteiger partial charge is 0.392 e. The second-order valence-electron chi connectivity index (χ2n) is 18.1. The molecule has 0 unspecified atom stereocenters. The summed E-state index contributed by atoms with van der Waals surface area (Å²) in [4.78, 5) is 38.2. The highest BCUT2D eigenvalue weighted by atomic mass is 19.4. The standard InChI is InChI=1S/C38H57F3O6/c1-22(20-38(39,40)41)23-12-17-37(31(45)46-9)19-18-35(7)24(29(23)37)10-11-26-34(6)15-14-27(47-28(42)21-32(2,3)30(43)44)33(4,5)25(34)13-16-36(26,35)8/h23-27,29H,1,10-21H2,2-9H3,(H,43,44)/t23-,24+,25-,26+,27-,29+,34-,35+,36+,37-/m0/s1. The number of carboxylic acids is 1. The van der Waals surface area contributed by atoms with Crippen LogP contribution in [-0.2, 0) is 23.9 Å². The summed E-state index contributed by atoms with van der Waals surface area (Å²) in [5.41, 5.74) is -2.33. The molecular formula is C38H57F3O6. The monoisotopic (exact) mass is 666 g/mol. The quantitative estimate of drug-likeness (QED) is 0.215. The lowest BCUT2D eigenvalue weighted by molar-refractivity contribution is -0.251. The molecule has 5 fully saturated rings. The third-order valence-corrected chi connectivity index (χ3v) is 15.4. The number of aliphatic carboxylic acids is 1. The van der Waals surface area contributed by atoms with Gasteiger partial charge >= 0.3 is 24.1 Å². The van der Waals surface area contributed by atoms with Crippen LogP contribution in [0.2, 0.25) is 0 Å². The van der Waals surface area contributed by atoms with Gasteiger partial charge < -0.3 is 14.6 Å². The number of alkyl halides is 3. The Morgan fingerprint density at radius 2 is 1.49 bits per heavy atom. The van der Waals surface area contributed by atoms with Crippen molar-refractivity contribution in [1.29, 1.82) is 0 Å². The molecule has 0 saturated heterocycles. The van der Waals surface area contributed by atoms with Crippen molar-refractivity contribution >= 4 is 17.9 Å². The molecule has 0 heterocycles. The molecule has 5 aliphatic rings. The van der Waals surface area contributed by atoms with Crippen molar-refractivity contribution in [1.82, 2.24) is 0 Å². The maximum absolute atomic E-state index is 13.7. The first kappa shape index (κ1) is 36.2. The molecule has 0 radical (unpaired) electrons. The largest absolute Gasteiger partial charge is 0.481 e. The first-order chi connectivity index (χ1) is 21.5. The molecule has 0 amide bonds. The van der Waals surface area contributed by atoms with Crippen molar-refractivity contribution in [3.05, 3.63) is 12.2 Å². The van der Waals surface area contributed by atoms with Crippen molar-refractivity contribution in [3.8, 4) is 0 Å². The third-order valence-electron chi connectivity index (χ3n) is 15.4. The highest BCUT2D eigenvalue weighted by Crippen LogP contribution is 2.77. The van der Waals surface area contributed by atoms with E-state index < -0.39 is 35.4 Å². The molecule has 47 heavy (non-hydrogen) atoms. The van der Waals surface area contributed by atoms with Gasteiger partial charge in [0.2, 0.25) is 0 Å². The van der Waals surface area contributed by atoms with Gasteiger partial charge in [-0.3, -0.25) is 14.4 Å². The average Bonchev–Trinajstić information content (AvgIpc) is 3.34. The van der Waals surface area contributed by atoms with Crippen LogP contribution in [0.25, 0.3) is 0 Å². The predicted molar refractivity (Wildman–Crippen MR) is 172 cm³/mol. The SMILES string of the molecule is C=C(CC(F)(F)F)[C@@H]1CC[C@]2(C(=O)OC)CC[C@]3(C)[C@H](CC[C@@H]4[C@@]5(C)CC[C@H](OC(=O)CC(C)(C)C(=O)O)C(C)(C)[C@@H]5CC[C@]43C)[C@@H]12. The summed E-state index contributed by atoms with van der Waals surface area (Å²) in [6.07, 6.45) is 2.06. The van der Waals surface area contributed by atoms with Gasteiger partial charge in [-0.2, -0.15) is 13.2 Å². The molecule has 9 heteroatoms. The lowest BCUT2D eigenvalue weighted by Gasteiger charge is -2.72. The van der Waals surface area contributed by atoms with Crippen LogP contribution < -0.4 is 0 Å². The maximum Gasteiger partial charge on any atom is 0.392 e. The summed E-state index contributed by atoms with van der Waals surface area (Å²) in [7, 11) is 1.41. The number of esters is 2. The number of carbonyl (C=O) groups excluding carboxylic acids is 2. The predicted octanol–water partition coefficient (Wildman–Crippen LogP) is 9.16. The van der Waals surface area contributed by atoms with E-state index in [1.165, 1.54) is 7.11 Å². The number of methoxy groups -OCH3 is 1. The van der Waals surface area contributed by atoms with Crippen LogP contribution in [0.15, 0.2) is 12.2 Å². The topological polar surface area (TPSA) is 89.9 Å². The molecule has 5 aliphatic carbocycles. The molecule has 0 aromatic heterocycles. The highest BCUT2D eigenvalue weighted by Gasteiger charge is 2.72. The lowest BCUT2D eigenvalue weighted by atomic mass is 9.32. The van der Waals surface area contributed by atoms with Crippen LogP contribution in [0, 0.1) is 62.1 Å². The van der Waals surface area contributed by atoms with Gasteiger partial charge in [0.25, 0.3) is 0 Å². The summed E-state index contributed by atoms with van der Waals surface area (Å²) >= 11 is 0. The zero-order valence-electron chi connectivity index (χ0n) is 29.8. The minimum Gasteiger partial charge on any atom is -0.481 e. The van der Waals surface area contributed by atoms with Crippen molar-refractivity contribution < 1.29 is 42.1 Å². The van der Waals surface area contributed by atoms with E-state index >= 15 is 0 Å². The van der Waals surface area contributed by atoms with E-state index in [2.05, 4.69) is 41.2 Å². The molecule has 0 spiro atoms. The van der Waals surface area contributed by atoms with Crippen LogP contribution in [-0.4, -0.2) is 42.4 Å². The number of hydrogen-bond donors (Lipinski definition) is 1. The molecule has 6 nitrogen and oxygen atoms in total. The molecule has 5 rings (SSSR count). The van der Waals surface area contributed by atoms with E-state index in [-0.39, 0.29) is 69.4 Å². The summed E-state index contributed by atoms with van der Waals surface area (Å²) in [5, 5.41) is 9.53. The van der Waals surface area contributed by atoms with Gasteiger partial charge in [0.1, 0.15) is 6.10 Å². The molecule has 0 aliphatic heterocycles. The summed E-state index contributed by atoms with van der Waals surface area (Å²) < 4.78 is 52.4. The van der Waals surface area contributed by atoms with E-state index in [4.69, 9.17) is 9.47 Å². The zero-order chi connectivity index (χ0) is 35.2. The van der Waals surface area contributed by atoms with Crippen LogP contribution >= 0.6 is 0 Å². The molecule has 266 valence electrons. The number of carboxylic acid groups (broad SMARTS) is 1. The van der Waals surface area contributed by atoms with Gasteiger partial charge in [-0.05, 0) is 124 Å². The number of fused-ring (bicyclic) bond motifs is 7. The number of carbonyl (C=O) groups is 3. The molecule has 0 bridgehead atoms. The van der Waals surface area contributed by atoms with Gasteiger partial charge in [0, 0.05) is 5.41 Å². The van der Waals surface area contributed by atoms with Crippen LogP contribution in [0.4, 0.5) is 13.2 Å². The number of hydrogen-bond acceptors (Lipinski definition) is 5.